The lowest BCUT2D eigenvalue weighted by molar-refractivity contribution is 0.375. The van der Waals surface area contributed by atoms with Crippen molar-refractivity contribution >= 4 is 33.0 Å². The van der Waals surface area contributed by atoms with Crippen LogP contribution in [-0.2, 0) is 15.9 Å². The molecule has 17 heavy (non-hydrogen) atoms. The molecule has 1 aromatic heterocycles. The summed E-state index contributed by atoms with van der Waals surface area (Å²) in [6.07, 6.45) is 0.909. The predicted molar refractivity (Wildman–Crippen MR) is 71.0 cm³/mol. The van der Waals surface area contributed by atoms with Gasteiger partial charge >= 0.3 is 0 Å². The zero-order valence-corrected chi connectivity index (χ0v) is 12.3. The molecule has 0 spiro atoms. The molecule has 2 heterocycles. The molecule has 0 unspecified atom stereocenters. The zero-order valence-electron chi connectivity index (χ0n) is 9.94. The van der Waals surface area contributed by atoms with Gasteiger partial charge in [0.15, 0.2) is 0 Å². The first-order chi connectivity index (χ1) is 7.87. The summed E-state index contributed by atoms with van der Waals surface area (Å²) in [4.78, 5) is 1.12. The van der Waals surface area contributed by atoms with Crippen LogP contribution < -0.4 is 0 Å². The highest BCUT2D eigenvalue weighted by Gasteiger charge is 2.37. The van der Waals surface area contributed by atoms with Crippen LogP contribution in [0, 0.1) is 5.41 Å². The SMILES string of the molecule is CC1(C)CCN(S(=O)(=O)c2ccsc2CCl)C1. The number of sulfonamides is 1. The number of alkyl halides is 1. The molecule has 1 fully saturated rings. The van der Waals surface area contributed by atoms with Crippen molar-refractivity contribution in [3.05, 3.63) is 16.3 Å². The van der Waals surface area contributed by atoms with E-state index in [2.05, 4.69) is 13.8 Å². The van der Waals surface area contributed by atoms with Crippen LogP contribution in [0.3, 0.4) is 0 Å². The van der Waals surface area contributed by atoms with Crippen LogP contribution in [0.4, 0.5) is 0 Å². The molecular formula is C11H16ClNO2S2. The molecule has 6 heteroatoms. The summed E-state index contributed by atoms with van der Waals surface area (Å²) in [6.45, 7) is 5.39. The van der Waals surface area contributed by atoms with Crippen LogP contribution in [0.2, 0.25) is 0 Å². The lowest BCUT2D eigenvalue weighted by Gasteiger charge is -2.19. The van der Waals surface area contributed by atoms with Crippen LogP contribution in [-0.4, -0.2) is 25.8 Å². The van der Waals surface area contributed by atoms with Crippen molar-refractivity contribution < 1.29 is 8.42 Å². The standard InChI is InChI=1S/C11H16ClNO2S2/c1-11(2)4-5-13(8-11)17(14,15)10-3-6-16-9(10)7-12/h3,6H,4-5,7-8H2,1-2H3. The molecule has 96 valence electrons. The molecule has 0 amide bonds. The Morgan fingerprint density at radius 2 is 2.24 bits per heavy atom. The first kappa shape index (κ1) is 13.3. The average molecular weight is 294 g/mol. The lowest BCUT2D eigenvalue weighted by Crippen LogP contribution is -2.30. The number of hydrogen-bond donors (Lipinski definition) is 0. The third-order valence-corrected chi connectivity index (χ3v) is 6.49. The predicted octanol–water partition coefficient (Wildman–Crippen LogP) is 2.91. The highest BCUT2D eigenvalue weighted by Crippen LogP contribution is 2.34. The maximum atomic E-state index is 12.4. The second-order valence-electron chi connectivity index (χ2n) is 5.09. The van der Waals surface area contributed by atoms with Crippen molar-refractivity contribution in [1.29, 1.82) is 0 Å². The average Bonchev–Trinajstić information content (AvgIpc) is 2.83. The largest absolute Gasteiger partial charge is 0.244 e. The third kappa shape index (κ3) is 2.52. The Labute approximate surface area is 111 Å². The Hall–Kier alpha value is -0.100. The van der Waals surface area contributed by atoms with Gasteiger partial charge in [-0.2, -0.15) is 4.31 Å². The first-order valence-electron chi connectivity index (χ1n) is 5.49. The lowest BCUT2D eigenvalue weighted by atomic mass is 9.93. The summed E-state index contributed by atoms with van der Waals surface area (Å²) in [6, 6.07) is 1.66. The van der Waals surface area contributed by atoms with Gasteiger partial charge in [0.05, 0.1) is 10.8 Å². The van der Waals surface area contributed by atoms with Crippen molar-refractivity contribution in [3.63, 3.8) is 0 Å². The van der Waals surface area contributed by atoms with Crippen LogP contribution in [0.5, 0.6) is 0 Å². The van der Waals surface area contributed by atoms with E-state index in [-0.39, 0.29) is 11.3 Å². The summed E-state index contributed by atoms with van der Waals surface area (Å²) in [5, 5.41) is 1.78. The second kappa shape index (κ2) is 4.53. The fourth-order valence-electron chi connectivity index (χ4n) is 2.06. The summed E-state index contributed by atoms with van der Waals surface area (Å²) >= 11 is 7.17. The number of thiophene rings is 1. The van der Waals surface area contributed by atoms with E-state index in [1.165, 1.54) is 11.3 Å². The minimum Gasteiger partial charge on any atom is -0.207 e. The van der Waals surface area contributed by atoms with Gasteiger partial charge in [-0.25, -0.2) is 8.42 Å². The van der Waals surface area contributed by atoms with Crippen LogP contribution in [0.15, 0.2) is 16.3 Å². The van der Waals surface area contributed by atoms with Gasteiger partial charge in [0.2, 0.25) is 10.0 Å². The number of halogens is 1. The molecule has 0 atom stereocenters. The van der Waals surface area contributed by atoms with Gasteiger partial charge in [0.25, 0.3) is 0 Å². The minimum atomic E-state index is -3.35. The van der Waals surface area contributed by atoms with Gasteiger partial charge in [0.1, 0.15) is 0 Å². The van der Waals surface area contributed by atoms with E-state index in [4.69, 9.17) is 11.6 Å². The summed E-state index contributed by atoms with van der Waals surface area (Å²) in [5.74, 6) is 0.253. The highest BCUT2D eigenvalue weighted by molar-refractivity contribution is 7.89. The summed E-state index contributed by atoms with van der Waals surface area (Å²) in [5.41, 5.74) is 0.0736. The quantitative estimate of drug-likeness (QED) is 0.804. The van der Waals surface area contributed by atoms with E-state index in [0.717, 1.165) is 11.3 Å². The van der Waals surface area contributed by atoms with Crippen LogP contribution in [0.25, 0.3) is 0 Å². The molecule has 0 aliphatic carbocycles. The summed E-state index contributed by atoms with van der Waals surface area (Å²) < 4.78 is 26.4. The third-order valence-electron chi connectivity index (χ3n) is 3.09. The van der Waals surface area contributed by atoms with Crippen LogP contribution in [0.1, 0.15) is 25.1 Å². The van der Waals surface area contributed by atoms with Gasteiger partial charge in [-0.3, -0.25) is 0 Å². The second-order valence-corrected chi connectivity index (χ2v) is 8.27. The van der Waals surface area contributed by atoms with Crippen LogP contribution >= 0.6 is 22.9 Å². The molecule has 1 aromatic rings. The van der Waals surface area contributed by atoms with E-state index in [1.807, 2.05) is 0 Å². The van der Waals surface area contributed by atoms with E-state index >= 15 is 0 Å². The van der Waals surface area contributed by atoms with Crippen molar-refractivity contribution in [2.45, 2.75) is 31.0 Å². The Balaban J connectivity index is 2.32. The molecule has 0 radical (unpaired) electrons. The molecule has 0 N–H and O–H groups in total. The van der Waals surface area contributed by atoms with Crippen molar-refractivity contribution in [2.24, 2.45) is 5.41 Å². The molecule has 1 aliphatic heterocycles. The number of hydrogen-bond acceptors (Lipinski definition) is 3. The monoisotopic (exact) mass is 293 g/mol. The maximum Gasteiger partial charge on any atom is 0.244 e. The smallest absolute Gasteiger partial charge is 0.207 e. The van der Waals surface area contributed by atoms with Gasteiger partial charge in [0, 0.05) is 18.0 Å². The van der Waals surface area contributed by atoms with Gasteiger partial charge in [-0.1, -0.05) is 13.8 Å². The minimum absolute atomic E-state index is 0.0736. The highest BCUT2D eigenvalue weighted by atomic mass is 35.5. The Kier molecular flexibility index (Phi) is 3.56. The zero-order chi connectivity index (χ0) is 12.7. The molecule has 0 aromatic carbocycles. The molecule has 3 nitrogen and oxygen atoms in total. The molecule has 1 aliphatic rings. The van der Waals surface area contributed by atoms with Crippen molar-refractivity contribution in [1.82, 2.24) is 4.31 Å². The maximum absolute atomic E-state index is 12.4. The van der Waals surface area contributed by atoms with Gasteiger partial charge in [-0.05, 0) is 23.3 Å². The van der Waals surface area contributed by atoms with E-state index in [9.17, 15) is 8.42 Å². The van der Waals surface area contributed by atoms with Gasteiger partial charge in [-0.15, -0.1) is 22.9 Å². The molecule has 2 rings (SSSR count). The number of nitrogens with zero attached hydrogens (tertiary/aromatic N) is 1. The first-order valence-corrected chi connectivity index (χ1v) is 8.35. The normalized spacial score (nSPS) is 20.9. The van der Waals surface area contributed by atoms with Crippen molar-refractivity contribution in [3.8, 4) is 0 Å². The molecule has 0 bridgehead atoms. The topological polar surface area (TPSA) is 37.4 Å². The molecular weight excluding hydrogens is 278 g/mol. The van der Waals surface area contributed by atoms with Crippen molar-refractivity contribution in [2.75, 3.05) is 13.1 Å². The van der Waals surface area contributed by atoms with E-state index in [1.54, 1.807) is 15.8 Å². The molecule has 0 saturated carbocycles. The fraction of sp³-hybridized carbons (Fsp3) is 0.636. The molecule has 1 saturated heterocycles. The summed E-state index contributed by atoms with van der Waals surface area (Å²) in [7, 11) is -3.35. The Morgan fingerprint density at radius 1 is 1.53 bits per heavy atom. The Bertz CT molecular complexity index is 507. The number of rotatable bonds is 3. The Morgan fingerprint density at radius 3 is 2.76 bits per heavy atom. The van der Waals surface area contributed by atoms with Gasteiger partial charge < -0.3 is 0 Å². The fourth-order valence-corrected chi connectivity index (χ4v) is 5.37. The van der Waals surface area contributed by atoms with E-state index in [0.29, 0.717) is 18.0 Å². The van der Waals surface area contributed by atoms with E-state index < -0.39 is 10.0 Å².